The van der Waals surface area contributed by atoms with E-state index in [1.807, 2.05) is 18.2 Å². The Morgan fingerprint density at radius 3 is 2.59 bits per heavy atom. The molecule has 8 heteroatoms. The highest BCUT2D eigenvalue weighted by molar-refractivity contribution is 8.00. The van der Waals surface area contributed by atoms with Gasteiger partial charge in [0.2, 0.25) is 0 Å². The van der Waals surface area contributed by atoms with Crippen molar-refractivity contribution in [1.82, 2.24) is 0 Å². The first-order chi connectivity index (χ1) is 15.4. The summed E-state index contributed by atoms with van der Waals surface area (Å²) < 4.78 is 13.6. The van der Waals surface area contributed by atoms with E-state index in [1.54, 1.807) is 30.3 Å². The molecule has 1 aliphatic carbocycles. The maximum atomic E-state index is 13.6. The summed E-state index contributed by atoms with van der Waals surface area (Å²) in [5.74, 6) is -0.129. The summed E-state index contributed by atoms with van der Waals surface area (Å²) in [4.78, 5) is 11.8. The molecule has 1 fully saturated rings. The van der Waals surface area contributed by atoms with Gasteiger partial charge in [0.1, 0.15) is 5.82 Å². The molecule has 1 N–H and O–H groups in total. The lowest BCUT2D eigenvalue weighted by atomic mass is 9.77. The first kappa shape index (κ1) is 21.6. The lowest BCUT2D eigenvalue weighted by Gasteiger charge is -2.38. The monoisotopic (exact) mass is 488 g/mol. The minimum atomic E-state index is -0.356. The van der Waals surface area contributed by atoms with Gasteiger partial charge in [0.05, 0.1) is 21.2 Å². The van der Waals surface area contributed by atoms with Crippen LogP contribution in [0.1, 0.15) is 29.5 Å². The molecule has 0 unspecified atom stereocenters. The van der Waals surface area contributed by atoms with E-state index in [4.69, 9.17) is 23.2 Å². The Hall–Kier alpha value is -2.28. The molecule has 5 rings (SSSR count). The molecule has 32 heavy (non-hydrogen) atoms. The van der Waals surface area contributed by atoms with E-state index in [9.17, 15) is 14.5 Å². The Bertz CT molecular complexity index is 1180. The van der Waals surface area contributed by atoms with Gasteiger partial charge in [-0.1, -0.05) is 35.9 Å². The molecule has 0 bridgehead atoms. The molecular weight excluding hydrogens is 470 g/mol. The number of benzene rings is 3. The van der Waals surface area contributed by atoms with Crippen molar-refractivity contribution in [2.75, 3.05) is 5.32 Å². The van der Waals surface area contributed by atoms with E-state index in [0.717, 1.165) is 23.2 Å². The fourth-order valence-electron chi connectivity index (χ4n) is 4.96. The van der Waals surface area contributed by atoms with Crippen LogP contribution >= 0.6 is 35.0 Å². The topological polar surface area (TPSA) is 55.2 Å². The fourth-order valence-corrected chi connectivity index (χ4v) is 7.08. The van der Waals surface area contributed by atoms with Crippen LogP contribution in [0.25, 0.3) is 0 Å². The lowest BCUT2D eigenvalue weighted by molar-refractivity contribution is -0.387. The van der Waals surface area contributed by atoms with Crippen LogP contribution in [0.3, 0.4) is 0 Å². The fraction of sp³-hybridized carbons (Fsp3) is 0.250. The zero-order valence-corrected chi connectivity index (χ0v) is 19.1. The SMILES string of the molecule is O=[N+]([O-])c1ccccc1S[C@H]1C[C@@H]2[C@H](c3cc(Cl)ccc3N[C@H]2c2ccc(F)cc2)[C@@H]1Cl. The number of rotatable bonds is 4. The number of fused-ring (bicyclic) bond motifs is 3. The molecule has 0 spiro atoms. The summed E-state index contributed by atoms with van der Waals surface area (Å²) in [6.45, 7) is 0. The third kappa shape index (κ3) is 3.85. The van der Waals surface area contributed by atoms with Crippen molar-refractivity contribution in [3.05, 3.63) is 98.8 Å². The molecule has 1 heterocycles. The average molecular weight is 489 g/mol. The molecule has 1 aliphatic heterocycles. The number of alkyl halides is 1. The van der Waals surface area contributed by atoms with Gasteiger partial charge in [-0.05, 0) is 59.9 Å². The van der Waals surface area contributed by atoms with Crippen molar-refractivity contribution in [3.8, 4) is 0 Å². The number of nitro groups is 1. The van der Waals surface area contributed by atoms with E-state index < -0.39 is 0 Å². The highest BCUT2D eigenvalue weighted by Gasteiger charge is 2.50. The minimum absolute atomic E-state index is 0.0157. The Morgan fingerprint density at radius 2 is 1.84 bits per heavy atom. The molecule has 4 nitrogen and oxygen atoms in total. The summed E-state index contributed by atoms with van der Waals surface area (Å²) in [6, 6.07) is 19.0. The van der Waals surface area contributed by atoms with Gasteiger partial charge < -0.3 is 5.32 Å². The van der Waals surface area contributed by atoms with Crippen LogP contribution in [-0.2, 0) is 0 Å². The standard InChI is InChI=1S/C24H19Cl2FN2O2S/c25-14-7-10-18-16(11-14)22-17(24(28-18)13-5-8-15(27)9-6-13)12-21(23(22)26)32-20-4-2-1-3-19(20)29(30)31/h1-11,17,21-24,28H,12H2/t17-,21+,22+,23-,24+/m1/s1. The highest BCUT2D eigenvalue weighted by atomic mass is 35.5. The summed E-state index contributed by atoms with van der Waals surface area (Å²) in [7, 11) is 0. The van der Waals surface area contributed by atoms with Crippen molar-refractivity contribution in [2.24, 2.45) is 5.92 Å². The van der Waals surface area contributed by atoms with Crippen molar-refractivity contribution in [2.45, 2.75) is 33.9 Å². The predicted molar refractivity (Wildman–Crippen MR) is 127 cm³/mol. The Labute approximate surface area is 199 Å². The van der Waals surface area contributed by atoms with Gasteiger partial charge in [-0.25, -0.2) is 4.39 Å². The Balaban J connectivity index is 1.53. The summed E-state index contributed by atoms with van der Waals surface area (Å²) >= 11 is 14.8. The lowest BCUT2D eigenvalue weighted by Crippen LogP contribution is -2.31. The number of hydrogen-bond donors (Lipinski definition) is 1. The molecule has 1 saturated carbocycles. The van der Waals surface area contributed by atoms with Crippen LogP contribution < -0.4 is 5.32 Å². The van der Waals surface area contributed by atoms with Gasteiger partial charge in [-0.3, -0.25) is 10.1 Å². The van der Waals surface area contributed by atoms with Crippen LogP contribution in [0, 0.1) is 21.8 Å². The van der Waals surface area contributed by atoms with E-state index >= 15 is 0 Å². The molecule has 164 valence electrons. The summed E-state index contributed by atoms with van der Waals surface area (Å²) in [6.07, 6.45) is 0.760. The third-order valence-electron chi connectivity index (χ3n) is 6.35. The quantitative estimate of drug-likeness (QED) is 0.235. The number of hydrogen-bond acceptors (Lipinski definition) is 4. The number of thioether (sulfide) groups is 1. The zero-order chi connectivity index (χ0) is 22.4. The van der Waals surface area contributed by atoms with Gasteiger partial charge in [0.15, 0.2) is 0 Å². The number of halogens is 3. The first-order valence-electron chi connectivity index (χ1n) is 10.3. The first-order valence-corrected chi connectivity index (χ1v) is 12.0. The van der Waals surface area contributed by atoms with Crippen LogP contribution in [0.2, 0.25) is 5.02 Å². The average Bonchev–Trinajstić information content (AvgIpc) is 3.10. The largest absolute Gasteiger partial charge is 0.378 e. The van der Waals surface area contributed by atoms with Gasteiger partial charge in [-0.15, -0.1) is 23.4 Å². The van der Waals surface area contributed by atoms with Gasteiger partial charge >= 0.3 is 0 Å². The molecule has 0 amide bonds. The third-order valence-corrected chi connectivity index (χ3v) is 8.69. The summed E-state index contributed by atoms with van der Waals surface area (Å²) in [5, 5.41) is 15.5. The van der Waals surface area contributed by atoms with Crippen LogP contribution in [0.15, 0.2) is 71.6 Å². The maximum absolute atomic E-state index is 13.6. The molecule has 0 aromatic heterocycles. The summed E-state index contributed by atoms with van der Waals surface area (Å²) in [5.41, 5.74) is 3.11. The van der Waals surface area contributed by atoms with Gasteiger partial charge in [0.25, 0.3) is 5.69 Å². The van der Waals surface area contributed by atoms with Gasteiger partial charge in [-0.2, -0.15) is 0 Å². The predicted octanol–water partition coefficient (Wildman–Crippen LogP) is 7.43. The van der Waals surface area contributed by atoms with Crippen LogP contribution in [0.4, 0.5) is 15.8 Å². The van der Waals surface area contributed by atoms with Gasteiger partial charge in [0, 0.05) is 27.9 Å². The number of nitrogens with zero attached hydrogens (tertiary/aromatic N) is 1. The second-order valence-corrected chi connectivity index (χ2v) is 10.4. The van der Waals surface area contributed by atoms with Crippen molar-refractivity contribution in [3.63, 3.8) is 0 Å². The van der Waals surface area contributed by atoms with Crippen LogP contribution in [0.5, 0.6) is 0 Å². The number of para-hydroxylation sites is 1. The van der Waals surface area contributed by atoms with Crippen molar-refractivity contribution >= 4 is 46.3 Å². The highest BCUT2D eigenvalue weighted by Crippen LogP contribution is 2.58. The molecule has 3 aromatic rings. The zero-order valence-electron chi connectivity index (χ0n) is 16.8. The number of anilines is 1. The van der Waals surface area contributed by atoms with Crippen molar-refractivity contribution < 1.29 is 9.31 Å². The maximum Gasteiger partial charge on any atom is 0.282 e. The molecule has 0 radical (unpaired) electrons. The Morgan fingerprint density at radius 1 is 1.09 bits per heavy atom. The smallest absolute Gasteiger partial charge is 0.282 e. The normalized spacial score (nSPS) is 26.2. The second kappa shape index (κ2) is 8.58. The van der Waals surface area contributed by atoms with E-state index in [0.29, 0.717) is 9.92 Å². The molecule has 2 aliphatic rings. The molecular formula is C24H19Cl2FN2O2S. The molecule has 0 saturated heterocycles. The van der Waals surface area contributed by atoms with Crippen molar-refractivity contribution in [1.29, 1.82) is 0 Å². The van der Waals surface area contributed by atoms with Crippen LogP contribution in [-0.4, -0.2) is 15.6 Å². The van der Waals surface area contributed by atoms with E-state index in [1.165, 1.54) is 30.0 Å². The number of nitrogens with one attached hydrogen (secondary N) is 1. The van der Waals surface area contributed by atoms with E-state index in [2.05, 4.69) is 5.32 Å². The molecule has 5 atom stereocenters. The Kier molecular flexibility index (Phi) is 5.78. The van der Waals surface area contributed by atoms with E-state index in [-0.39, 0.29) is 44.9 Å². The molecule has 3 aromatic carbocycles. The minimum Gasteiger partial charge on any atom is -0.378 e. The number of nitro benzene ring substituents is 1. The second-order valence-electron chi connectivity index (χ2n) is 8.16.